The smallest absolute Gasteiger partial charge is 0.412 e. The highest BCUT2D eigenvalue weighted by Crippen LogP contribution is 2.54. The Balaban J connectivity index is 0.000000344. The molecule has 0 spiro atoms. The van der Waals surface area contributed by atoms with Gasteiger partial charge in [-0.1, -0.05) is 37.0 Å². The van der Waals surface area contributed by atoms with Gasteiger partial charge in [0.1, 0.15) is 22.6 Å². The van der Waals surface area contributed by atoms with Crippen LogP contribution in [-0.4, -0.2) is 81.4 Å². The quantitative estimate of drug-likeness (QED) is 0.124. The van der Waals surface area contributed by atoms with Crippen LogP contribution in [0.2, 0.25) is 10.0 Å². The van der Waals surface area contributed by atoms with Gasteiger partial charge in [-0.2, -0.15) is 26.3 Å². The van der Waals surface area contributed by atoms with Crippen molar-refractivity contribution in [3.63, 3.8) is 0 Å². The highest BCUT2D eigenvalue weighted by Gasteiger charge is 2.47. The molecular weight excluding hydrogens is 939 g/mol. The largest absolute Gasteiger partial charge is 0.507 e. The zero-order valence-corrected chi connectivity index (χ0v) is 39.2. The Morgan fingerprint density at radius 1 is 0.746 bits per heavy atom. The fourth-order valence-corrected chi connectivity index (χ4v) is 7.95. The Labute approximate surface area is 363 Å². The molecule has 332 valence electrons. The molecule has 0 aliphatic carbocycles. The van der Waals surface area contributed by atoms with Crippen LogP contribution in [0.4, 0.5) is 26.3 Å². The van der Waals surface area contributed by atoms with E-state index in [1.54, 1.807) is 45.9 Å². The third kappa shape index (κ3) is 15.2. The average Bonchev–Trinajstić information content (AvgIpc) is 3.43. The zero-order chi connectivity index (χ0) is 45.7. The van der Waals surface area contributed by atoms with E-state index in [1.807, 2.05) is 13.8 Å². The molecule has 2 unspecified atom stereocenters. The van der Waals surface area contributed by atoms with Gasteiger partial charge < -0.3 is 33.1 Å². The molecule has 0 radical (unpaired) electrons. The maximum absolute atomic E-state index is 12.7. The van der Waals surface area contributed by atoms with Crippen molar-refractivity contribution in [2.75, 3.05) is 40.8 Å². The van der Waals surface area contributed by atoms with Crippen molar-refractivity contribution in [3.8, 4) is 11.5 Å². The highest BCUT2D eigenvalue weighted by atomic mass is 35.7. The first-order chi connectivity index (χ1) is 26.7. The summed E-state index contributed by atoms with van der Waals surface area (Å²) >= 11 is 26.2. The summed E-state index contributed by atoms with van der Waals surface area (Å²) < 4.78 is 108. The summed E-state index contributed by atoms with van der Waals surface area (Å²) in [6.45, 7) is 6.49. The summed E-state index contributed by atoms with van der Waals surface area (Å²) in [6, 6.07) is 6.58. The number of carbonyl (C=O) groups excluding carboxylic acids is 2. The van der Waals surface area contributed by atoms with Crippen molar-refractivity contribution in [1.82, 2.24) is 0 Å². The Hall–Kier alpha value is -2.27. The van der Waals surface area contributed by atoms with Crippen molar-refractivity contribution in [2.45, 2.75) is 77.9 Å². The van der Waals surface area contributed by atoms with Gasteiger partial charge in [-0.3, -0.25) is 4.52 Å². The fraction of sp³-hybridized carbons (Fsp3) is 0.500. The van der Waals surface area contributed by atoms with Crippen LogP contribution in [-0.2, 0) is 69.1 Å². The number of benzene rings is 2. The molecule has 2 atom stereocenters. The molecule has 1 N–H and O–H groups in total. The number of aryl methyl sites for hydroxylation is 2. The normalized spacial score (nSPS) is 18.1. The summed E-state index contributed by atoms with van der Waals surface area (Å²) in [6.07, 6.45) is -7.73. The number of hydrogen-bond donors (Lipinski definition) is 1. The van der Waals surface area contributed by atoms with E-state index < -0.39 is 60.8 Å². The van der Waals surface area contributed by atoms with E-state index in [-0.39, 0.29) is 22.7 Å². The van der Waals surface area contributed by atoms with Crippen molar-refractivity contribution in [1.29, 1.82) is 0 Å². The topological polar surface area (TPSA) is 119 Å². The van der Waals surface area contributed by atoms with Crippen molar-refractivity contribution >= 4 is 82.0 Å². The predicted molar refractivity (Wildman–Crippen MR) is 218 cm³/mol. The minimum Gasteiger partial charge on any atom is -0.507 e. The molecule has 0 bridgehead atoms. The molecule has 0 saturated heterocycles. The molecule has 2 heterocycles. The van der Waals surface area contributed by atoms with Crippen LogP contribution in [0.5, 0.6) is 11.5 Å². The van der Waals surface area contributed by atoms with Crippen LogP contribution in [0, 0.1) is 11.2 Å². The van der Waals surface area contributed by atoms with E-state index in [9.17, 15) is 41.0 Å². The van der Waals surface area contributed by atoms with Gasteiger partial charge in [-0.25, -0.2) is 9.59 Å². The molecular formula is C36H44Cl3F6O10P2S2+. The number of esters is 2. The number of aliphatic hydroxyl groups is 1. The number of hydrogen-bond acceptors (Lipinski definition) is 12. The molecule has 2 aromatic rings. The first-order valence-electron chi connectivity index (χ1n) is 17.1. The van der Waals surface area contributed by atoms with Gasteiger partial charge in [-0.15, -0.1) is 0 Å². The number of cyclic esters (lactones) is 2. The monoisotopic (exact) mass is 981 g/mol. The van der Waals surface area contributed by atoms with Gasteiger partial charge in [-0.05, 0) is 99.5 Å². The number of halogens is 9. The lowest BCUT2D eigenvalue weighted by Gasteiger charge is -2.27. The summed E-state index contributed by atoms with van der Waals surface area (Å²) in [7, 11) is 2.91. The van der Waals surface area contributed by atoms with E-state index in [1.165, 1.54) is 33.6 Å². The number of methoxy groups -OCH3 is 2. The third-order valence-corrected chi connectivity index (χ3v) is 11.2. The van der Waals surface area contributed by atoms with E-state index in [4.69, 9.17) is 63.0 Å². The Morgan fingerprint density at radius 2 is 1.14 bits per heavy atom. The standard InChI is InChI=1S/C18H21ClF3O5PS.C15H17ClO4.C3H6ClF3OPS/c1-6-10-7-11(19)8-12(24-4)13(10)14-15(17(2,3)26-16(14)23)27-28(5,29)25-9-18(20,21)22;1-5-8-6-9(16)7-10(19-4)11(8)12-13(17)15(2,3)20-14(12)18;1-9(4,10)8-2-3(5,6)7/h7-8H,6,9H2,1-5H3;6-7,17H,5H2,1-4H3;4H,2H2,1H3/q;;+1. The molecule has 59 heavy (non-hydrogen) atoms. The van der Waals surface area contributed by atoms with E-state index in [2.05, 4.69) is 27.6 Å². The lowest BCUT2D eigenvalue weighted by Crippen LogP contribution is -2.24. The molecule has 4 rings (SSSR count). The van der Waals surface area contributed by atoms with Gasteiger partial charge >= 0.3 is 29.9 Å². The third-order valence-electron chi connectivity index (χ3n) is 7.87. The Morgan fingerprint density at radius 3 is 1.47 bits per heavy atom. The van der Waals surface area contributed by atoms with E-state index in [0.29, 0.717) is 51.1 Å². The van der Waals surface area contributed by atoms with Crippen LogP contribution in [0.25, 0.3) is 11.1 Å². The molecule has 10 nitrogen and oxygen atoms in total. The lowest BCUT2D eigenvalue weighted by atomic mass is 9.94. The number of ether oxygens (including phenoxy) is 4. The van der Waals surface area contributed by atoms with Crippen molar-refractivity contribution < 1.29 is 84.8 Å². The summed E-state index contributed by atoms with van der Waals surface area (Å²) in [5.74, 6) is -0.580. The minimum atomic E-state index is -4.56. The lowest BCUT2D eigenvalue weighted by molar-refractivity contribution is -0.201. The zero-order valence-electron chi connectivity index (χ0n) is 33.4. The Bertz CT molecular complexity index is 2020. The maximum atomic E-state index is 12.7. The highest BCUT2D eigenvalue weighted by molar-refractivity contribution is 8.09. The Kier molecular flexibility index (Phi) is 18.2. The van der Waals surface area contributed by atoms with Gasteiger partial charge in [0.15, 0.2) is 47.2 Å². The van der Waals surface area contributed by atoms with Gasteiger partial charge in [0.2, 0.25) is 6.49 Å². The van der Waals surface area contributed by atoms with Crippen LogP contribution in [0.3, 0.4) is 0 Å². The van der Waals surface area contributed by atoms with Crippen LogP contribution in [0.15, 0.2) is 35.8 Å². The maximum Gasteiger partial charge on any atom is 0.412 e. The second-order valence-electron chi connectivity index (χ2n) is 13.6. The number of aliphatic hydroxyl groups excluding tert-OH is 1. The SMILES string of the molecule is CCc1cc(Cl)cc(OC)c1C1=C(O)C(C)(C)OC1=O.CCc1cc(Cl)cc(OC)c1C1=C(OP(C)(=S)OCC(F)(F)F)C(C)(C)OC1=O.CP(=S)([ClH+])OCC(F)(F)F. The molecule has 0 amide bonds. The molecule has 0 saturated carbocycles. The molecule has 23 heteroatoms. The molecule has 2 aliphatic heterocycles. The van der Waals surface area contributed by atoms with Crippen LogP contribution < -0.4 is 9.47 Å². The molecule has 2 aromatic carbocycles. The van der Waals surface area contributed by atoms with E-state index >= 15 is 0 Å². The number of alkyl halides is 6. The molecule has 0 aromatic heterocycles. The van der Waals surface area contributed by atoms with Gasteiger partial charge in [0.25, 0.3) is 0 Å². The average molecular weight is 983 g/mol. The number of rotatable bonds is 12. The first kappa shape index (κ1) is 52.9. The number of carbonyl (C=O) groups is 2. The summed E-state index contributed by atoms with van der Waals surface area (Å²) in [4.78, 5) is 24.8. The minimum absolute atomic E-state index is 0.00540. The molecule has 0 fully saturated rings. The fourth-order valence-electron chi connectivity index (χ4n) is 5.34. The first-order valence-corrected chi connectivity index (χ1v) is 25.1. The summed E-state index contributed by atoms with van der Waals surface area (Å²) in [5.41, 5.74) is -2.21. The van der Waals surface area contributed by atoms with Gasteiger partial charge in [0.05, 0.1) is 14.2 Å². The van der Waals surface area contributed by atoms with Crippen molar-refractivity contribution in [2.24, 2.45) is 0 Å². The summed E-state index contributed by atoms with van der Waals surface area (Å²) in [5, 5.41) is 11.2. The second kappa shape index (κ2) is 20.3. The predicted octanol–water partition coefficient (Wildman–Crippen LogP) is 10.8. The second-order valence-corrected chi connectivity index (χ2v) is 25.2. The van der Waals surface area contributed by atoms with Crippen LogP contribution in [0.1, 0.15) is 63.8 Å². The van der Waals surface area contributed by atoms with E-state index in [0.717, 1.165) is 5.56 Å². The van der Waals surface area contributed by atoms with Crippen molar-refractivity contribution in [3.05, 3.63) is 68.1 Å². The van der Waals surface area contributed by atoms with Crippen LogP contribution >= 0.6 is 35.3 Å². The van der Waals surface area contributed by atoms with Gasteiger partial charge in [0, 0.05) is 34.5 Å². The molecule has 2 aliphatic rings.